The van der Waals surface area contributed by atoms with Crippen molar-refractivity contribution in [2.45, 2.75) is 11.3 Å². The van der Waals surface area contributed by atoms with Crippen LogP contribution in [0.15, 0.2) is 241 Å². The first kappa shape index (κ1) is 34.3. The van der Waals surface area contributed by atoms with Crippen molar-refractivity contribution in [1.82, 2.24) is 0 Å². The molecule has 1 nitrogen and oxygen atoms in total. The molecule has 0 radical (unpaired) electrons. The summed E-state index contributed by atoms with van der Waals surface area (Å²) < 4.78 is 7.12. The molecule has 1 aliphatic carbocycles. The summed E-state index contributed by atoms with van der Waals surface area (Å²) in [5.74, 6) is -0.0428. The fourth-order valence-electron chi connectivity index (χ4n) is 10.3. The highest BCUT2D eigenvalue weighted by atomic mass is 28.3. The molecular weight excluding hydrogens is 717 g/mol. The Kier molecular flexibility index (Phi) is 8.20. The molecule has 11 rings (SSSR count). The van der Waals surface area contributed by atoms with Gasteiger partial charge in [-0.15, -0.1) is 0 Å². The van der Waals surface area contributed by atoms with Gasteiger partial charge < -0.3 is 4.42 Å². The molecule has 0 bridgehead atoms. The fourth-order valence-corrected chi connectivity index (χ4v) is 15.3. The second-order valence-corrected chi connectivity index (χ2v) is 19.3. The molecule has 0 saturated heterocycles. The summed E-state index contributed by atoms with van der Waals surface area (Å²) in [7, 11) is -3.03. The predicted octanol–water partition coefficient (Wildman–Crippen LogP) is 10.8. The SMILES string of the molecule is c1ccc(C2(c3ccccc3)c3ccccc3C(c3cc([Si](c4ccccc4)(c4ccccc4)c4ccccc4)c4oc5ccccc5c4c3)c3ccccc32)cc1. The Labute approximate surface area is 340 Å². The Balaban J connectivity index is 1.29. The van der Waals surface area contributed by atoms with Crippen LogP contribution in [0.2, 0.25) is 0 Å². The van der Waals surface area contributed by atoms with Gasteiger partial charge in [0, 0.05) is 16.7 Å². The molecule has 0 amide bonds. The van der Waals surface area contributed by atoms with Gasteiger partial charge in [0.15, 0.2) is 8.07 Å². The van der Waals surface area contributed by atoms with Crippen molar-refractivity contribution >= 4 is 50.8 Å². The normalized spacial score (nSPS) is 13.6. The molecule has 0 atom stereocenters. The smallest absolute Gasteiger partial charge is 0.184 e. The van der Waals surface area contributed by atoms with Crippen molar-refractivity contribution in [3.05, 3.63) is 276 Å². The third kappa shape index (κ3) is 5.02. The lowest BCUT2D eigenvalue weighted by Gasteiger charge is -2.45. The summed E-state index contributed by atoms with van der Waals surface area (Å²) in [6.07, 6.45) is 0. The largest absolute Gasteiger partial charge is 0.456 e. The second kappa shape index (κ2) is 13.9. The number of hydrogen-bond acceptors (Lipinski definition) is 1. The molecule has 0 N–H and O–H groups in total. The van der Waals surface area contributed by atoms with Crippen LogP contribution in [-0.2, 0) is 5.41 Å². The summed E-state index contributed by atoms with van der Waals surface area (Å²) in [6, 6.07) is 87.8. The van der Waals surface area contributed by atoms with Gasteiger partial charge in [-0.1, -0.05) is 224 Å². The van der Waals surface area contributed by atoms with Gasteiger partial charge in [0.05, 0.1) is 5.41 Å². The molecule has 1 aromatic heterocycles. The summed E-state index contributed by atoms with van der Waals surface area (Å²) in [5.41, 5.74) is 10.4. The molecule has 9 aromatic carbocycles. The van der Waals surface area contributed by atoms with Crippen LogP contribution >= 0.6 is 0 Å². The molecule has 0 fully saturated rings. The lowest BCUT2D eigenvalue weighted by molar-refractivity contribution is 0.670. The van der Waals surface area contributed by atoms with E-state index in [1.165, 1.54) is 59.7 Å². The first-order valence-electron chi connectivity index (χ1n) is 20.2. The summed E-state index contributed by atoms with van der Waals surface area (Å²) in [6.45, 7) is 0. The minimum Gasteiger partial charge on any atom is -0.456 e. The average molecular weight is 757 g/mol. The van der Waals surface area contributed by atoms with E-state index < -0.39 is 13.5 Å². The standard InChI is InChI=1S/C56H40OSi/c1-6-22-41(23-7-1)56(42-24-8-2-9-25-42)50-35-19-16-33-47(50)54(48-34-17-20-36-51(48)56)40-38-49-46-32-18-21-37-52(46)57-55(49)53(39-40)58(43-26-10-3-11-27-43,44-28-12-4-13-29-44)45-30-14-5-15-31-45/h1-39,54H. The zero-order chi connectivity index (χ0) is 38.5. The monoisotopic (exact) mass is 756 g/mol. The zero-order valence-electron chi connectivity index (χ0n) is 32.0. The number of rotatable bonds is 7. The van der Waals surface area contributed by atoms with Crippen molar-refractivity contribution in [3.8, 4) is 0 Å². The summed E-state index contributed by atoms with van der Waals surface area (Å²) in [5, 5.41) is 7.52. The molecule has 1 heterocycles. The van der Waals surface area contributed by atoms with Crippen LogP contribution < -0.4 is 20.7 Å². The highest BCUT2D eigenvalue weighted by molar-refractivity contribution is 7.20. The van der Waals surface area contributed by atoms with E-state index in [0.29, 0.717) is 0 Å². The Hall–Kier alpha value is -7.00. The quantitative estimate of drug-likeness (QED) is 0.117. The molecule has 0 aliphatic heterocycles. The predicted molar refractivity (Wildman–Crippen MR) is 243 cm³/mol. The molecule has 0 spiro atoms. The van der Waals surface area contributed by atoms with E-state index in [4.69, 9.17) is 4.42 Å². The average Bonchev–Trinajstić information content (AvgIpc) is 3.69. The van der Waals surface area contributed by atoms with Crippen molar-refractivity contribution in [2.75, 3.05) is 0 Å². The lowest BCUT2D eigenvalue weighted by atomic mass is 9.57. The Bertz CT molecular complexity index is 2860. The maximum absolute atomic E-state index is 7.12. The van der Waals surface area contributed by atoms with Crippen LogP contribution in [0.1, 0.15) is 44.9 Å². The van der Waals surface area contributed by atoms with Gasteiger partial charge in [0.25, 0.3) is 0 Å². The maximum atomic E-state index is 7.12. The van der Waals surface area contributed by atoms with E-state index >= 15 is 0 Å². The van der Waals surface area contributed by atoms with E-state index in [0.717, 1.165) is 21.9 Å². The Morgan fingerprint density at radius 3 is 1.29 bits per heavy atom. The van der Waals surface area contributed by atoms with Gasteiger partial charge in [0.1, 0.15) is 11.2 Å². The van der Waals surface area contributed by atoms with E-state index in [1.807, 2.05) is 0 Å². The highest BCUT2D eigenvalue weighted by Crippen LogP contribution is 2.55. The van der Waals surface area contributed by atoms with E-state index in [1.54, 1.807) is 0 Å². The number of furan rings is 1. The number of benzene rings is 9. The zero-order valence-corrected chi connectivity index (χ0v) is 33.0. The van der Waals surface area contributed by atoms with Crippen LogP contribution in [0.25, 0.3) is 21.9 Å². The van der Waals surface area contributed by atoms with Crippen molar-refractivity contribution in [1.29, 1.82) is 0 Å². The molecule has 274 valence electrons. The molecule has 10 aromatic rings. The van der Waals surface area contributed by atoms with E-state index in [2.05, 4.69) is 237 Å². The molecule has 58 heavy (non-hydrogen) atoms. The number of para-hydroxylation sites is 1. The number of fused-ring (bicyclic) bond motifs is 5. The highest BCUT2D eigenvalue weighted by Gasteiger charge is 2.48. The van der Waals surface area contributed by atoms with E-state index in [-0.39, 0.29) is 5.92 Å². The van der Waals surface area contributed by atoms with Gasteiger partial charge in [0.2, 0.25) is 0 Å². The summed E-state index contributed by atoms with van der Waals surface area (Å²) >= 11 is 0. The first-order valence-corrected chi connectivity index (χ1v) is 22.2. The maximum Gasteiger partial charge on any atom is 0.184 e. The van der Waals surface area contributed by atoms with Gasteiger partial charge in [-0.3, -0.25) is 0 Å². The third-order valence-corrected chi connectivity index (χ3v) is 17.4. The van der Waals surface area contributed by atoms with Gasteiger partial charge >= 0.3 is 0 Å². The minimum atomic E-state index is -3.03. The van der Waals surface area contributed by atoms with E-state index in [9.17, 15) is 0 Å². The van der Waals surface area contributed by atoms with Gasteiger partial charge in [-0.05, 0) is 71.8 Å². The molecular formula is C56H40OSi. The van der Waals surface area contributed by atoms with Crippen LogP contribution in [0.4, 0.5) is 0 Å². The van der Waals surface area contributed by atoms with Gasteiger partial charge in [-0.2, -0.15) is 0 Å². The van der Waals surface area contributed by atoms with Crippen molar-refractivity contribution in [2.24, 2.45) is 0 Å². The topological polar surface area (TPSA) is 13.1 Å². The minimum absolute atomic E-state index is 0.0428. The number of hydrogen-bond donors (Lipinski definition) is 0. The van der Waals surface area contributed by atoms with Crippen molar-refractivity contribution in [3.63, 3.8) is 0 Å². The van der Waals surface area contributed by atoms with Crippen LogP contribution in [0.5, 0.6) is 0 Å². The Morgan fingerprint density at radius 2 is 0.793 bits per heavy atom. The molecule has 0 unspecified atom stereocenters. The first-order chi connectivity index (χ1) is 28.8. The molecule has 1 aliphatic rings. The second-order valence-electron chi connectivity index (χ2n) is 15.5. The molecule has 0 saturated carbocycles. The van der Waals surface area contributed by atoms with Crippen LogP contribution in [0.3, 0.4) is 0 Å². The fraction of sp³-hybridized carbons (Fsp3) is 0.0357. The Morgan fingerprint density at radius 1 is 0.379 bits per heavy atom. The van der Waals surface area contributed by atoms with Crippen LogP contribution in [0, 0.1) is 0 Å². The lowest BCUT2D eigenvalue weighted by Crippen LogP contribution is -2.74. The summed E-state index contributed by atoms with van der Waals surface area (Å²) in [4.78, 5) is 0. The van der Waals surface area contributed by atoms with Gasteiger partial charge in [-0.25, -0.2) is 0 Å². The van der Waals surface area contributed by atoms with Crippen LogP contribution in [-0.4, -0.2) is 8.07 Å². The van der Waals surface area contributed by atoms with Crippen molar-refractivity contribution < 1.29 is 4.42 Å². The third-order valence-electron chi connectivity index (χ3n) is 12.6. The molecule has 2 heteroatoms.